The highest BCUT2D eigenvalue weighted by Crippen LogP contribution is 2.25. The van der Waals surface area contributed by atoms with E-state index in [2.05, 4.69) is 5.32 Å². The number of carbonyl (C=O) groups excluding carboxylic acids is 2. The third-order valence-electron chi connectivity index (χ3n) is 3.83. The lowest BCUT2D eigenvalue weighted by Crippen LogP contribution is -2.22. The Hall–Kier alpha value is -3.02. The van der Waals surface area contributed by atoms with E-state index >= 15 is 0 Å². The number of carbonyl (C=O) groups is 2. The van der Waals surface area contributed by atoms with Crippen molar-refractivity contribution in [2.45, 2.75) is 19.8 Å². The Kier molecular flexibility index (Phi) is 6.00. The molecule has 0 fully saturated rings. The average Bonchev–Trinajstić information content (AvgIpc) is 2.62. The highest BCUT2D eigenvalue weighted by molar-refractivity contribution is 6.04. The Bertz CT molecular complexity index is 757. The summed E-state index contributed by atoms with van der Waals surface area (Å²) in [6.07, 6.45) is 0. The maximum Gasteiger partial charge on any atom is 0.250 e. The lowest BCUT2D eigenvalue weighted by atomic mass is 10.00. The van der Waals surface area contributed by atoms with Crippen molar-refractivity contribution >= 4 is 17.5 Å². The van der Waals surface area contributed by atoms with E-state index in [1.54, 1.807) is 38.3 Å². The molecule has 0 aliphatic rings. The van der Waals surface area contributed by atoms with Crippen LogP contribution >= 0.6 is 0 Å². The Balaban J connectivity index is 2.19. The van der Waals surface area contributed by atoms with E-state index in [9.17, 15) is 9.59 Å². The van der Waals surface area contributed by atoms with Crippen molar-refractivity contribution in [2.24, 2.45) is 5.73 Å². The number of methoxy groups -OCH3 is 1. The van der Waals surface area contributed by atoms with Crippen molar-refractivity contribution in [3.8, 4) is 11.5 Å². The van der Waals surface area contributed by atoms with Gasteiger partial charge in [-0.25, -0.2) is 0 Å². The van der Waals surface area contributed by atoms with Gasteiger partial charge < -0.3 is 20.5 Å². The molecule has 0 aromatic heterocycles. The van der Waals surface area contributed by atoms with Crippen LogP contribution in [0.3, 0.4) is 0 Å². The summed E-state index contributed by atoms with van der Waals surface area (Å²) in [7, 11) is 1.59. The quantitative estimate of drug-likeness (QED) is 0.809. The number of hydrogen-bond donors (Lipinski definition) is 2. The number of nitrogens with one attached hydrogen (secondary N) is 1. The molecule has 2 aromatic carbocycles. The Morgan fingerprint density at radius 3 is 2.32 bits per heavy atom. The monoisotopic (exact) mass is 342 g/mol. The van der Waals surface area contributed by atoms with Gasteiger partial charge in [-0.05, 0) is 49.7 Å². The first-order valence-electron chi connectivity index (χ1n) is 7.97. The topological polar surface area (TPSA) is 90.7 Å². The van der Waals surface area contributed by atoms with Crippen LogP contribution in [0.5, 0.6) is 11.5 Å². The summed E-state index contributed by atoms with van der Waals surface area (Å²) < 4.78 is 10.5. The minimum atomic E-state index is -0.631. The zero-order chi connectivity index (χ0) is 18.4. The molecule has 6 heteroatoms. The van der Waals surface area contributed by atoms with Gasteiger partial charge in [0.2, 0.25) is 5.91 Å². The molecule has 2 aromatic rings. The van der Waals surface area contributed by atoms with Gasteiger partial charge >= 0.3 is 0 Å². The minimum absolute atomic E-state index is 0.209. The molecule has 0 bridgehead atoms. The van der Waals surface area contributed by atoms with E-state index in [1.807, 2.05) is 19.1 Å². The second-order valence-corrected chi connectivity index (χ2v) is 5.49. The normalized spacial score (nSPS) is 11.5. The number of amides is 2. The third kappa shape index (κ3) is 4.50. The van der Waals surface area contributed by atoms with Gasteiger partial charge in [0.1, 0.15) is 11.5 Å². The lowest BCUT2D eigenvalue weighted by Gasteiger charge is -2.15. The highest BCUT2D eigenvalue weighted by atomic mass is 16.5. The number of primary amides is 1. The molecule has 1 atom stereocenters. The predicted octanol–water partition coefficient (Wildman–Crippen LogP) is 2.94. The third-order valence-corrected chi connectivity index (χ3v) is 3.83. The summed E-state index contributed by atoms with van der Waals surface area (Å²) in [5.41, 5.74) is 6.82. The van der Waals surface area contributed by atoms with Crippen molar-refractivity contribution in [3.05, 3.63) is 53.6 Å². The zero-order valence-electron chi connectivity index (χ0n) is 14.5. The molecule has 0 radical (unpaired) electrons. The largest absolute Gasteiger partial charge is 0.497 e. The van der Waals surface area contributed by atoms with Gasteiger partial charge in [-0.1, -0.05) is 12.1 Å². The molecule has 0 aliphatic heterocycles. The van der Waals surface area contributed by atoms with Crippen LogP contribution in [0.1, 0.15) is 35.7 Å². The molecule has 2 amide bonds. The molecule has 1 unspecified atom stereocenters. The van der Waals surface area contributed by atoms with Gasteiger partial charge in [0.05, 0.1) is 30.9 Å². The summed E-state index contributed by atoms with van der Waals surface area (Å²) in [6.45, 7) is 4.10. The summed E-state index contributed by atoms with van der Waals surface area (Å²) in [5.74, 6) is -0.0274. The molecule has 0 spiro atoms. The molecule has 6 nitrogen and oxygen atoms in total. The summed E-state index contributed by atoms with van der Waals surface area (Å²) >= 11 is 0. The molecule has 3 N–H and O–H groups in total. The lowest BCUT2D eigenvalue weighted by molar-refractivity contribution is -0.117. The van der Waals surface area contributed by atoms with Crippen molar-refractivity contribution < 1.29 is 19.1 Å². The van der Waals surface area contributed by atoms with Crippen molar-refractivity contribution in [2.75, 3.05) is 19.0 Å². The van der Waals surface area contributed by atoms with E-state index in [1.165, 1.54) is 6.07 Å². The van der Waals surface area contributed by atoms with Crippen LogP contribution in [-0.4, -0.2) is 25.5 Å². The molecule has 2 rings (SSSR count). The van der Waals surface area contributed by atoms with Crippen LogP contribution < -0.4 is 20.5 Å². The average molecular weight is 342 g/mol. The first-order chi connectivity index (χ1) is 12.0. The Labute approximate surface area is 146 Å². The van der Waals surface area contributed by atoms with E-state index in [0.717, 1.165) is 11.3 Å². The highest BCUT2D eigenvalue weighted by Gasteiger charge is 2.18. The van der Waals surface area contributed by atoms with Crippen LogP contribution in [-0.2, 0) is 4.79 Å². The summed E-state index contributed by atoms with van der Waals surface area (Å²) in [6, 6.07) is 12.1. The fourth-order valence-electron chi connectivity index (χ4n) is 2.38. The van der Waals surface area contributed by atoms with Gasteiger partial charge in [0, 0.05) is 0 Å². The molecule has 25 heavy (non-hydrogen) atoms. The second kappa shape index (κ2) is 8.19. The van der Waals surface area contributed by atoms with Crippen molar-refractivity contribution in [1.29, 1.82) is 0 Å². The first-order valence-corrected chi connectivity index (χ1v) is 7.97. The standard InChI is InChI=1S/C19H22N2O4/c1-4-25-15-9-10-17(16(11-15)18(20)22)21-19(23)12(2)13-5-7-14(24-3)8-6-13/h5-12H,4H2,1-3H3,(H2,20,22)(H,21,23). The van der Waals surface area contributed by atoms with Gasteiger partial charge in [0.15, 0.2) is 0 Å². The van der Waals surface area contributed by atoms with E-state index in [4.69, 9.17) is 15.2 Å². The van der Waals surface area contributed by atoms with E-state index in [0.29, 0.717) is 18.0 Å². The first kappa shape index (κ1) is 18.3. The smallest absolute Gasteiger partial charge is 0.250 e. The maximum atomic E-state index is 12.5. The molecular weight excluding hydrogens is 320 g/mol. The van der Waals surface area contributed by atoms with Crippen LogP contribution in [0.4, 0.5) is 5.69 Å². The Morgan fingerprint density at radius 2 is 1.76 bits per heavy atom. The SMILES string of the molecule is CCOc1ccc(NC(=O)C(C)c2ccc(OC)cc2)c(C(N)=O)c1. The molecule has 0 saturated carbocycles. The maximum absolute atomic E-state index is 12.5. The number of rotatable bonds is 7. The number of nitrogens with two attached hydrogens (primary N) is 1. The van der Waals surface area contributed by atoms with Crippen LogP contribution in [0.15, 0.2) is 42.5 Å². The molecule has 0 aliphatic carbocycles. The van der Waals surface area contributed by atoms with Crippen molar-refractivity contribution in [1.82, 2.24) is 0 Å². The van der Waals surface area contributed by atoms with E-state index in [-0.39, 0.29) is 11.5 Å². The molecule has 132 valence electrons. The minimum Gasteiger partial charge on any atom is -0.497 e. The second-order valence-electron chi connectivity index (χ2n) is 5.49. The van der Waals surface area contributed by atoms with Crippen LogP contribution in [0, 0.1) is 0 Å². The molecule has 0 heterocycles. The molecule has 0 saturated heterocycles. The summed E-state index contributed by atoms with van der Waals surface area (Å²) in [5, 5.41) is 2.76. The van der Waals surface area contributed by atoms with Gasteiger partial charge in [-0.2, -0.15) is 0 Å². The predicted molar refractivity (Wildman–Crippen MR) is 96.2 cm³/mol. The Morgan fingerprint density at radius 1 is 1.12 bits per heavy atom. The number of ether oxygens (including phenoxy) is 2. The van der Waals surface area contributed by atoms with Gasteiger partial charge in [-0.15, -0.1) is 0 Å². The molecular formula is C19H22N2O4. The van der Waals surface area contributed by atoms with Gasteiger partial charge in [-0.3, -0.25) is 9.59 Å². The number of hydrogen-bond acceptors (Lipinski definition) is 4. The zero-order valence-corrected chi connectivity index (χ0v) is 14.5. The number of benzene rings is 2. The van der Waals surface area contributed by atoms with Crippen molar-refractivity contribution in [3.63, 3.8) is 0 Å². The van der Waals surface area contributed by atoms with Crippen LogP contribution in [0.25, 0.3) is 0 Å². The van der Waals surface area contributed by atoms with Crippen LogP contribution in [0.2, 0.25) is 0 Å². The number of anilines is 1. The fraction of sp³-hybridized carbons (Fsp3) is 0.263. The van der Waals surface area contributed by atoms with E-state index < -0.39 is 11.8 Å². The van der Waals surface area contributed by atoms with Gasteiger partial charge in [0.25, 0.3) is 5.91 Å². The summed E-state index contributed by atoms with van der Waals surface area (Å²) in [4.78, 5) is 24.2. The fourth-order valence-corrected chi connectivity index (χ4v) is 2.38.